The second-order valence-corrected chi connectivity index (χ2v) is 9.57. The third-order valence-corrected chi connectivity index (χ3v) is 5.77. The number of rotatable bonds is 4. The van der Waals surface area contributed by atoms with E-state index in [0.717, 1.165) is 30.5 Å². The molecule has 0 radical (unpaired) electrons. The zero-order valence-corrected chi connectivity index (χ0v) is 17.5. The average Bonchev–Trinajstić information content (AvgIpc) is 2.71. The van der Waals surface area contributed by atoms with Gasteiger partial charge in [0.2, 0.25) is 0 Å². The summed E-state index contributed by atoms with van der Waals surface area (Å²) < 4.78 is 61.0. The van der Waals surface area contributed by atoms with Crippen molar-refractivity contribution >= 4 is 21.7 Å². The molecule has 1 aliphatic heterocycles. The first-order chi connectivity index (χ1) is 14.4. The summed E-state index contributed by atoms with van der Waals surface area (Å²) in [5, 5.41) is 0. The van der Waals surface area contributed by atoms with Gasteiger partial charge in [-0.15, -0.1) is 0 Å². The maximum Gasteiger partial charge on any atom is 0.416 e. The van der Waals surface area contributed by atoms with Crippen LogP contribution in [-0.2, 0) is 21.8 Å². The van der Waals surface area contributed by atoms with Crippen LogP contribution in [-0.4, -0.2) is 62.5 Å². The summed E-state index contributed by atoms with van der Waals surface area (Å²) in [5.41, 5.74) is 0.215. The molecule has 0 unspecified atom stereocenters. The molecule has 3 rings (SSSR count). The Morgan fingerprint density at radius 1 is 0.871 bits per heavy atom. The molecule has 1 saturated heterocycles. The summed E-state index contributed by atoms with van der Waals surface area (Å²) in [6.07, 6.45) is -3.35. The highest BCUT2D eigenvalue weighted by molar-refractivity contribution is 7.89. The Balaban J connectivity index is 1.62. The molecule has 2 aromatic carbocycles. The lowest BCUT2D eigenvalue weighted by molar-refractivity contribution is -0.137. The van der Waals surface area contributed by atoms with E-state index in [4.69, 9.17) is 0 Å². The number of carbonyl (C=O) groups excluding carboxylic acids is 2. The van der Waals surface area contributed by atoms with Crippen molar-refractivity contribution in [3.8, 4) is 0 Å². The molecule has 0 spiro atoms. The van der Waals surface area contributed by atoms with Crippen LogP contribution < -0.4 is 0 Å². The van der Waals surface area contributed by atoms with E-state index in [0.29, 0.717) is 11.1 Å². The fourth-order valence-corrected chi connectivity index (χ4v) is 4.16. The van der Waals surface area contributed by atoms with Gasteiger partial charge in [0.05, 0.1) is 11.3 Å². The van der Waals surface area contributed by atoms with Crippen LogP contribution in [0.1, 0.15) is 31.8 Å². The summed E-state index contributed by atoms with van der Waals surface area (Å²) in [6.45, 7) is 1.02. The largest absolute Gasteiger partial charge is 0.416 e. The lowest BCUT2D eigenvalue weighted by Crippen LogP contribution is -2.50. The molecular weight excluding hydrogens is 433 g/mol. The van der Waals surface area contributed by atoms with Crippen LogP contribution in [0.25, 0.3) is 0 Å². The fraction of sp³-hybridized carbons (Fsp3) is 0.333. The van der Waals surface area contributed by atoms with Crippen LogP contribution in [0.2, 0.25) is 0 Å². The molecule has 6 nitrogen and oxygen atoms in total. The Morgan fingerprint density at radius 3 is 1.87 bits per heavy atom. The predicted molar refractivity (Wildman–Crippen MR) is 108 cm³/mol. The van der Waals surface area contributed by atoms with E-state index in [1.54, 1.807) is 29.2 Å². The van der Waals surface area contributed by atoms with Crippen LogP contribution in [0.4, 0.5) is 13.2 Å². The van der Waals surface area contributed by atoms with Gasteiger partial charge < -0.3 is 9.80 Å². The van der Waals surface area contributed by atoms with Gasteiger partial charge in [0.25, 0.3) is 11.8 Å². The number of hydrogen-bond donors (Lipinski definition) is 0. The van der Waals surface area contributed by atoms with Crippen LogP contribution in [0, 0.1) is 0 Å². The van der Waals surface area contributed by atoms with Crippen molar-refractivity contribution < 1.29 is 31.2 Å². The van der Waals surface area contributed by atoms with E-state index < -0.39 is 27.5 Å². The van der Waals surface area contributed by atoms with E-state index >= 15 is 0 Å². The summed E-state index contributed by atoms with van der Waals surface area (Å²) in [6, 6.07) is 10.5. The van der Waals surface area contributed by atoms with E-state index in [9.17, 15) is 31.2 Å². The number of carbonyl (C=O) groups is 2. The average molecular weight is 454 g/mol. The molecule has 31 heavy (non-hydrogen) atoms. The number of nitrogens with zero attached hydrogens (tertiary/aromatic N) is 2. The predicted octanol–water partition coefficient (Wildman–Crippen LogP) is 2.85. The Morgan fingerprint density at radius 2 is 1.39 bits per heavy atom. The summed E-state index contributed by atoms with van der Waals surface area (Å²) in [4.78, 5) is 28.4. The Bertz CT molecular complexity index is 1070. The first kappa shape index (κ1) is 22.8. The number of hydrogen-bond acceptors (Lipinski definition) is 4. The van der Waals surface area contributed by atoms with E-state index in [-0.39, 0.29) is 43.4 Å². The Kier molecular flexibility index (Phi) is 6.40. The van der Waals surface area contributed by atoms with Gasteiger partial charge in [-0.25, -0.2) is 8.42 Å². The molecule has 0 aromatic heterocycles. The third-order valence-electron chi connectivity index (χ3n) is 4.92. The molecule has 1 fully saturated rings. The van der Waals surface area contributed by atoms with Crippen molar-refractivity contribution in [3.05, 3.63) is 70.8 Å². The molecule has 1 aliphatic rings. The number of piperazine rings is 1. The number of benzene rings is 2. The minimum Gasteiger partial charge on any atom is -0.335 e. The van der Waals surface area contributed by atoms with Gasteiger partial charge in [-0.3, -0.25) is 9.59 Å². The molecule has 1 heterocycles. The molecule has 2 aromatic rings. The van der Waals surface area contributed by atoms with Crippen molar-refractivity contribution in [2.24, 2.45) is 0 Å². The van der Waals surface area contributed by atoms with Gasteiger partial charge in [-0.1, -0.05) is 12.1 Å². The molecular formula is C21H21F3N2O4S. The van der Waals surface area contributed by atoms with Crippen molar-refractivity contribution in [3.63, 3.8) is 0 Å². The highest BCUT2D eigenvalue weighted by Gasteiger charge is 2.31. The van der Waals surface area contributed by atoms with Gasteiger partial charge in [-0.2, -0.15) is 13.2 Å². The van der Waals surface area contributed by atoms with Crippen LogP contribution >= 0.6 is 0 Å². The standard InChI is InChI=1S/C21H21F3N2O4S/c1-31(29,30)14-15-3-2-4-17(13-15)20(28)26-11-9-25(10-12-26)19(27)16-5-7-18(8-6-16)21(22,23)24/h2-8,13H,9-12,14H2,1H3. The van der Waals surface area contributed by atoms with Crippen LogP contribution in [0.3, 0.4) is 0 Å². The smallest absolute Gasteiger partial charge is 0.335 e. The SMILES string of the molecule is CS(=O)(=O)Cc1cccc(C(=O)N2CCN(C(=O)c3ccc(C(F)(F)F)cc3)CC2)c1. The van der Waals surface area contributed by atoms with Gasteiger partial charge in [0.1, 0.15) is 0 Å². The van der Waals surface area contributed by atoms with Crippen molar-refractivity contribution in [2.75, 3.05) is 32.4 Å². The molecule has 10 heteroatoms. The quantitative estimate of drug-likeness (QED) is 0.712. The summed E-state index contributed by atoms with van der Waals surface area (Å²) in [7, 11) is -3.23. The van der Waals surface area contributed by atoms with Crippen LogP contribution in [0.15, 0.2) is 48.5 Å². The fourth-order valence-electron chi connectivity index (χ4n) is 3.38. The normalized spacial score (nSPS) is 15.1. The zero-order chi connectivity index (χ0) is 22.8. The third kappa shape index (κ3) is 5.84. The van der Waals surface area contributed by atoms with E-state index in [2.05, 4.69) is 0 Å². The highest BCUT2D eigenvalue weighted by atomic mass is 32.2. The lowest BCUT2D eigenvalue weighted by atomic mass is 10.1. The number of halogens is 3. The molecule has 166 valence electrons. The molecule has 0 N–H and O–H groups in total. The van der Waals surface area contributed by atoms with Gasteiger partial charge in [-0.05, 0) is 42.0 Å². The zero-order valence-electron chi connectivity index (χ0n) is 16.7. The van der Waals surface area contributed by atoms with Gasteiger partial charge in [0.15, 0.2) is 9.84 Å². The molecule has 0 bridgehead atoms. The minimum atomic E-state index is -4.47. The molecule has 0 aliphatic carbocycles. The molecule has 0 atom stereocenters. The minimum absolute atomic E-state index is 0.154. The second-order valence-electron chi connectivity index (χ2n) is 7.43. The first-order valence-electron chi connectivity index (χ1n) is 9.46. The van der Waals surface area contributed by atoms with Crippen molar-refractivity contribution in [2.45, 2.75) is 11.9 Å². The Hall–Kier alpha value is -2.88. The highest BCUT2D eigenvalue weighted by Crippen LogP contribution is 2.29. The topological polar surface area (TPSA) is 74.8 Å². The summed E-state index contributed by atoms with van der Waals surface area (Å²) >= 11 is 0. The number of sulfone groups is 1. The van der Waals surface area contributed by atoms with Crippen molar-refractivity contribution in [1.82, 2.24) is 9.80 Å². The van der Waals surface area contributed by atoms with Crippen LogP contribution in [0.5, 0.6) is 0 Å². The van der Waals surface area contributed by atoms with E-state index in [1.807, 2.05) is 0 Å². The monoisotopic (exact) mass is 454 g/mol. The number of amides is 2. The van der Waals surface area contributed by atoms with Gasteiger partial charge >= 0.3 is 6.18 Å². The maximum absolute atomic E-state index is 12.8. The molecule has 0 saturated carbocycles. The van der Waals surface area contributed by atoms with Crippen molar-refractivity contribution in [1.29, 1.82) is 0 Å². The Labute approximate surface area is 178 Å². The number of alkyl halides is 3. The van der Waals surface area contributed by atoms with E-state index in [1.165, 1.54) is 4.90 Å². The molecule has 2 amide bonds. The maximum atomic E-state index is 12.8. The second kappa shape index (κ2) is 8.70. The first-order valence-corrected chi connectivity index (χ1v) is 11.5. The summed E-state index contributed by atoms with van der Waals surface area (Å²) in [5.74, 6) is -0.822. The lowest BCUT2D eigenvalue weighted by Gasteiger charge is -2.35. The van der Waals surface area contributed by atoms with Gasteiger partial charge in [0, 0.05) is 43.6 Å².